The van der Waals surface area contributed by atoms with Gasteiger partial charge in [0, 0.05) is 17.3 Å². The van der Waals surface area contributed by atoms with Gasteiger partial charge in [-0.15, -0.1) is 0 Å². The second-order valence-corrected chi connectivity index (χ2v) is 10.1. The minimum Gasteiger partial charge on any atom is -0.471 e. The quantitative estimate of drug-likeness (QED) is 0.652. The third-order valence-electron chi connectivity index (χ3n) is 7.57. The van der Waals surface area contributed by atoms with Gasteiger partial charge in [-0.2, -0.15) is 5.10 Å². The molecule has 0 radical (unpaired) electrons. The number of aromatic nitrogens is 2. The number of hydrogen-bond donors (Lipinski definition) is 1. The highest BCUT2D eigenvalue weighted by atomic mass is 35.5. The standard InChI is InChI=1S/C24H30ClN3O2/c1-2-22(24-12-16-8-17(13-24)10-18(9-16)14-24)26-23(29)21-6-7-28(27-21)15-30-20-5-3-4-19(25)11-20/h3-7,11,16-18,22H,2,8-10,12-15H2,1H3,(H,26,29). The van der Waals surface area contributed by atoms with Crippen molar-refractivity contribution in [3.63, 3.8) is 0 Å². The zero-order chi connectivity index (χ0) is 20.7. The Morgan fingerprint density at radius 1 is 1.23 bits per heavy atom. The molecule has 2 aromatic rings. The third kappa shape index (κ3) is 3.84. The summed E-state index contributed by atoms with van der Waals surface area (Å²) >= 11 is 5.99. The lowest BCUT2D eigenvalue weighted by molar-refractivity contribution is -0.0727. The lowest BCUT2D eigenvalue weighted by atomic mass is 9.47. The van der Waals surface area contributed by atoms with Crippen LogP contribution in [0.3, 0.4) is 0 Å². The van der Waals surface area contributed by atoms with Gasteiger partial charge < -0.3 is 10.1 Å². The molecule has 6 rings (SSSR count). The van der Waals surface area contributed by atoms with Crippen molar-refractivity contribution >= 4 is 17.5 Å². The molecule has 4 saturated carbocycles. The molecule has 1 atom stereocenters. The highest BCUT2D eigenvalue weighted by Gasteiger charge is 2.54. The van der Waals surface area contributed by atoms with Gasteiger partial charge in [0.2, 0.25) is 0 Å². The minimum absolute atomic E-state index is 0.0703. The topological polar surface area (TPSA) is 56.2 Å². The number of rotatable bonds is 7. The number of carbonyl (C=O) groups is 1. The summed E-state index contributed by atoms with van der Waals surface area (Å²) in [6.07, 6.45) is 10.9. The molecule has 5 nitrogen and oxygen atoms in total. The maximum atomic E-state index is 13.0. The maximum absolute atomic E-state index is 13.0. The Balaban J connectivity index is 1.23. The summed E-state index contributed by atoms with van der Waals surface area (Å²) in [5.41, 5.74) is 0.755. The fraction of sp³-hybridized carbons (Fsp3) is 0.583. The summed E-state index contributed by atoms with van der Waals surface area (Å²) in [5, 5.41) is 8.42. The average Bonchev–Trinajstić information content (AvgIpc) is 3.18. The molecule has 1 N–H and O–H groups in total. The van der Waals surface area contributed by atoms with E-state index >= 15 is 0 Å². The molecular formula is C24H30ClN3O2. The number of hydrogen-bond acceptors (Lipinski definition) is 3. The van der Waals surface area contributed by atoms with Gasteiger partial charge in [0.05, 0.1) is 0 Å². The molecule has 1 aromatic heterocycles. The SMILES string of the molecule is CCC(NC(=O)c1ccn(COc2cccc(Cl)c2)n1)C12CC3CC(CC(C3)C1)C2. The Labute approximate surface area is 183 Å². The first-order valence-electron chi connectivity index (χ1n) is 11.3. The van der Waals surface area contributed by atoms with Crippen LogP contribution in [0.2, 0.25) is 5.02 Å². The molecule has 6 heteroatoms. The maximum Gasteiger partial charge on any atom is 0.272 e. The number of nitrogens with zero attached hydrogens (tertiary/aromatic N) is 2. The number of amides is 1. The Bertz CT molecular complexity index is 889. The van der Waals surface area contributed by atoms with Crippen molar-refractivity contribution in [2.75, 3.05) is 0 Å². The van der Waals surface area contributed by atoms with E-state index < -0.39 is 0 Å². The number of nitrogens with one attached hydrogen (secondary N) is 1. The van der Waals surface area contributed by atoms with E-state index in [1.807, 2.05) is 12.1 Å². The molecule has 4 aliphatic rings. The van der Waals surface area contributed by atoms with Crippen LogP contribution < -0.4 is 10.1 Å². The predicted molar refractivity (Wildman–Crippen MR) is 116 cm³/mol. The van der Waals surface area contributed by atoms with Crippen LogP contribution in [0, 0.1) is 23.2 Å². The lowest BCUT2D eigenvalue weighted by Gasteiger charge is -2.59. The first kappa shape index (κ1) is 19.9. The van der Waals surface area contributed by atoms with Gasteiger partial charge in [-0.1, -0.05) is 24.6 Å². The number of halogens is 1. The summed E-state index contributed by atoms with van der Waals surface area (Å²) in [6, 6.07) is 9.26. The Morgan fingerprint density at radius 3 is 2.57 bits per heavy atom. The molecule has 1 amide bonds. The van der Waals surface area contributed by atoms with Gasteiger partial charge in [0.15, 0.2) is 6.73 Å². The van der Waals surface area contributed by atoms with Crippen LogP contribution in [0.15, 0.2) is 36.5 Å². The van der Waals surface area contributed by atoms with Gasteiger partial charge >= 0.3 is 0 Å². The fourth-order valence-electron chi connectivity index (χ4n) is 6.78. The van der Waals surface area contributed by atoms with Crippen LogP contribution in [-0.2, 0) is 6.73 Å². The highest BCUT2D eigenvalue weighted by molar-refractivity contribution is 6.30. The van der Waals surface area contributed by atoms with E-state index in [1.165, 1.54) is 38.5 Å². The molecule has 1 aromatic carbocycles. The van der Waals surface area contributed by atoms with Crippen LogP contribution in [0.4, 0.5) is 0 Å². The molecule has 30 heavy (non-hydrogen) atoms. The monoisotopic (exact) mass is 427 g/mol. The Morgan fingerprint density at radius 2 is 1.93 bits per heavy atom. The molecule has 160 valence electrons. The van der Waals surface area contributed by atoms with Crippen molar-refractivity contribution in [1.29, 1.82) is 0 Å². The second-order valence-electron chi connectivity index (χ2n) is 9.69. The molecule has 0 aliphatic heterocycles. The molecule has 0 spiro atoms. The van der Waals surface area contributed by atoms with Crippen LogP contribution in [-0.4, -0.2) is 21.7 Å². The summed E-state index contributed by atoms with van der Waals surface area (Å²) in [7, 11) is 0. The van der Waals surface area contributed by atoms with E-state index in [0.717, 1.165) is 24.2 Å². The predicted octanol–water partition coefficient (Wildman–Crippen LogP) is 5.30. The van der Waals surface area contributed by atoms with E-state index in [-0.39, 0.29) is 18.7 Å². The molecule has 1 unspecified atom stereocenters. The second kappa shape index (κ2) is 7.92. The van der Waals surface area contributed by atoms with E-state index in [4.69, 9.17) is 16.3 Å². The van der Waals surface area contributed by atoms with Crippen LogP contribution >= 0.6 is 11.6 Å². The van der Waals surface area contributed by atoms with Gasteiger partial charge in [-0.25, -0.2) is 4.68 Å². The summed E-state index contributed by atoms with van der Waals surface area (Å²) in [5.74, 6) is 3.25. The number of ether oxygens (including phenoxy) is 1. The molecule has 0 saturated heterocycles. The Kier molecular flexibility index (Phi) is 5.26. The van der Waals surface area contributed by atoms with Crippen LogP contribution in [0.5, 0.6) is 5.75 Å². The van der Waals surface area contributed by atoms with Gasteiger partial charge in [-0.05, 0) is 92.4 Å². The van der Waals surface area contributed by atoms with Crippen molar-refractivity contribution in [1.82, 2.24) is 15.1 Å². The van der Waals surface area contributed by atoms with Crippen LogP contribution in [0.1, 0.15) is 62.4 Å². The van der Waals surface area contributed by atoms with Gasteiger partial charge in [0.25, 0.3) is 5.91 Å². The summed E-state index contributed by atoms with van der Waals surface area (Å²) in [6.45, 7) is 2.45. The van der Waals surface area contributed by atoms with Crippen LogP contribution in [0.25, 0.3) is 0 Å². The molecule has 4 fully saturated rings. The van der Waals surface area contributed by atoms with E-state index in [1.54, 1.807) is 29.1 Å². The number of benzene rings is 1. The zero-order valence-corrected chi connectivity index (χ0v) is 18.3. The molecule has 4 bridgehead atoms. The average molecular weight is 428 g/mol. The van der Waals surface area contributed by atoms with Crippen molar-refractivity contribution in [2.24, 2.45) is 23.2 Å². The van der Waals surface area contributed by atoms with Crippen molar-refractivity contribution < 1.29 is 9.53 Å². The van der Waals surface area contributed by atoms with E-state index in [9.17, 15) is 4.79 Å². The summed E-state index contributed by atoms with van der Waals surface area (Å²) < 4.78 is 7.36. The zero-order valence-electron chi connectivity index (χ0n) is 17.5. The van der Waals surface area contributed by atoms with E-state index in [2.05, 4.69) is 17.3 Å². The fourth-order valence-corrected chi connectivity index (χ4v) is 6.96. The minimum atomic E-state index is -0.0703. The smallest absolute Gasteiger partial charge is 0.272 e. The van der Waals surface area contributed by atoms with Crippen molar-refractivity contribution in [2.45, 2.75) is 64.6 Å². The largest absolute Gasteiger partial charge is 0.471 e. The van der Waals surface area contributed by atoms with Gasteiger partial charge in [-0.3, -0.25) is 4.79 Å². The molecule has 1 heterocycles. The third-order valence-corrected chi connectivity index (χ3v) is 7.81. The normalized spacial score (nSPS) is 30.3. The first-order valence-corrected chi connectivity index (χ1v) is 11.6. The lowest BCUT2D eigenvalue weighted by Crippen LogP contribution is -2.56. The molecular weight excluding hydrogens is 398 g/mol. The van der Waals surface area contributed by atoms with Crippen molar-refractivity contribution in [3.8, 4) is 5.75 Å². The van der Waals surface area contributed by atoms with Gasteiger partial charge in [0.1, 0.15) is 11.4 Å². The first-order chi connectivity index (χ1) is 14.5. The number of carbonyl (C=O) groups excluding carboxylic acids is 1. The van der Waals surface area contributed by atoms with E-state index in [0.29, 0.717) is 21.9 Å². The van der Waals surface area contributed by atoms with Crippen molar-refractivity contribution in [3.05, 3.63) is 47.2 Å². The Hall–Kier alpha value is -2.01. The summed E-state index contributed by atoms with van der Waals surface area (Å²) in [4.78, 5) is 13.0. The molecule has 4 aliphatic carbocycles. The highest BCUT2D eigenvalue weighted by Crippen LogP contribution is 2.61.